The summed E-state index contributed by atoms with van der Waals surface area (Å²) in [6, 6.07) is 15.1. The average molecular weight is 378 g/mol. The summed E-state index contributed by atoms with van der Waals surface area (Å²) in [6.45, 7) is 2.57. The van der Waals surface area contributed by atoms with Crippen LogP contribution >= 0.6 is 11.3 Å². The minimum absolute atomic E-state index is 0.0987. The summed E-state index contributed by atoms with van der Waals surface area (Å²) in [7, 11) is 1.60. The molecule has 4 aromatic rings. The summed E-state index contributed by atoms with van der Waals surface area (Å²) in [4.78, 5) is 18.4. The van der Waals surface area contributed by atoms with Gasteiger partial charge in [-0.2, -0.15) is 0 Å². The molecule has 6 heteroatoms. The Labute approximate surface area is 160 Å². The maximum absolute atomic E-state index is 13.2. The molecule has 0 N–H and O–H groups in total. The first kappa shape index (κ1) is 17.3. The lowest BCUT2D eigenvalue weighted by molar-refractivity contribution is 0.340. The smallest absolute Gasteiger partial charge is 0.267 e. The number of rotatable bonds is 5. The number of fused-ring (bicyclic) bond motifs is 1. The van der Waals surface area contributed by atoms with E-state index < -0.39 is 0 Å². The van der Waals surface area contributed by atoms with Gasteiger partial charge in [-0.25, -0.2) is 4.98 Å². The van der Waals surface area contributed by atoms with E-state index in [2.05, 4.69) is 4.98 Å². The van der Waals surface area contributed by atoms with Gasteiger partial charge < -0.3 is 9.47 Å². The highest BCUT2D eigenvalue weighted by Crippen LogP contribution is 2.32. The molecule has 0 bridgehead atoms. The molecule has 0 amide bonds. The number of hydrogen-bond acceptors (Lipinski definition) is 5. The van der Waals surface area contributed by atoms with E-state index in [4.69, 9.17) is 9.47 Å². The first-order valence-electron chi connectivity index (χ1n) is 8.57. The topological polar surface area (TPSA) is 53.4 Å². The van der Waals surface area contributed by atoms with Crippen LogP contribution in [0.15, 0.2) is 65.0 Å². The van der Waals surface area contributed by atoms with E-state index in [1.54, 1.807) is 18.0 Å². The second-order valence-electron chi connectivity index (χ2n) is 5.91. The van der Waals surface area contributed by atoms with Crippen LogP contribution < -0.4 is 15.0 Å². The van der Waals surface area contributed by atoms with Crippen LogP contribution in [-0.2, 0) is 0 Å². The summed E-state index contributed by atoms with van der Waals surface area (Å²) in [6.07, 6.45) is 1.57. The van der Waals surface area contributed by atoms with Gasteiger partial charge in [0, 0.05) is 17.0 Å². The number of hydrogen-bond donors (Lipinski definition) is 0. The largest absolute Gasteiger partial charge is 0.497 e. The summed E-state index contributed by atoms with van der Waals surface area (Å²) in [5.41, 5.74) is 2.47. The van der Waals surface area contributed by atoms with Gasteiger partial charge >= 0.3 is 0 Å². The molecule has 5 nitrogen and oxygen atoms in total. The lowest BCUT2D eigenvalue weighted by Gasteiger charge is -2.08. The van der Waals surface area contributed by atoms with Crippen molar-refractivity contribution in [3.05, 3.63) is 70.6 Å². The average Bonchev–Trinajstić information content (AvgIpc) is 3.14. The third-order valence-electron chi connectivity index (χ3n) is 4.30. The lowest BCUT2D eigenvalue weighted by Crippen LogP contribution is -2.18. The molecule has 0 aliphatic rings. The van der Waals surface area contributed by atoms with E-state index in [1.807, 2.05) is 60.8 Å². The van der Waals surface area contributed by atoms with Crippen molar-refractivity contribution in [2.24, 2.45) is 0 Å². The van der Waals surface area contributed by atoms with Crippen LogP contribution in [-0.4, -0.2) is 23.3 Å². The molecule has 136 valence electrons. The molecule has 2 aromatic heterocycles. The lowest BCUT2D eigenvalue weighted by atomic mass is 10.1. The molecule has 2 aromatic carbocycles. The van der Waals surface area contributed by atoms with Crippen LogP contribution in [0.2, 0.25) is 0 Å². The van der Waals surface area contributed by atoms with Gasteiger partial charge in [0.25, 0.3) is 5.56 Å². The van der Waals surface area contributed by atoms with E-state index >= 15 is 0 Å². The number of thiophene rings is 1. The molecule has 0 saturated heterocycles. The van der Waals surface area contributed by atoms with Crippen LogP contribution in [0.4, 0.5) is 0 Å². The van der Waals surface area contributed by atoms with E-state index in [1.165, 1.54) is 11.3 Å². The Morgan fingerprint density at radius 2 is 1.93 bits per heavy atom. The van der Waals surface area contributed by atoms with Gasteiger partial charge in [-0.1, -0.05) is 18.2 Å². The number of nitrogens with zero attached hydrogens (tertiary/aromatic N) is 2. The van der Waals surface area contributed by atoms with E-state index in [9.17, 15) is 4.79 Å². The molecular formula is C21H18N2O3S. The summed E-state index contributed by atoms with van der Waals surface area (Å²) in [5, 5.41) is 2.60. The van der Waals surface area contributed by atoms with Gasteiger partial charge in [0.1, 0.15) is 22.7 Å². The van der Waals surface area contributed by atoms with Gasteiger partial charge in [-0.3, -0.25) is 9.36 Å². The van der Waals surface area contributed by atoms with Crippen molar-refractivity contribution < 1.29 is 9.47 Å². The fourth-order valence-corrected chi connectivity index (χ4v) is 3.89. The zero-order chi connectivity index (χ0) is 18.8. The van der Waals surface area contributed by atoms with Gasteiger partial charge in [-0.05, 0) is 36.8 Å². The minimum Gasteiger partial charge on any atom is -0.497 e. The molecule has 0 spiro atoms. The first-order valence-corrected chi connectivity index (χ1v) is 9.45. The second kappa shape index (κ2) is 7.25. The van der Waals surface area contributed by atoms with Crippen LogP contribution in [0.3, 0.4) is 0 Å². The highest BCUT2D eigenvalue weighted by Gasteiger charge is 2.14. The Morgan fingerprint density at radius 3 is 2.67 bits per heavy atom. The second-order valence-corrected chi connectivity index (χ2v) is 6.77. The quantitative estimate of drug-likeness (QED) is 0.512. The van der Waals surface area contributed by atoms with Gasteiger partial charge in [-0.15, -0.1) is 11.3 Å². The van der Waals surface area contributed by atoms with Crippen LogP contribution in [0.1, 0.15) is 6.92 Å². The van der Waals surface area contributed by atoms with E-state index in [0.29, 0.717) is 17.7 Å². The number of ether oxygens (including phenoxy) is 2. The molecule has 0 aliphatic carbocycles. The van der Waals surface area contributed by atoms with Crippen molar-refractivity contribution in [1.82, 2.24) is 9.55 Å². The van der Waals surface area contributed by atoms with Gasteiger partial charge in [0.2, 0.25) is 0 Å². The molecule has 0 unspecified atom stereocenters. The molecule has 0 atom stereocenters. The standard InChI is InChI=1S/C21H18N2O3S/c1-3-26-16-9-7-14(8-10-16)18-12-27-20-19(18)21(24)23(13-22-20)15-5-4-6-17(11-15)25-2/h4-13H,3H2,1-2H3. The summed E-state index contributed by atoms with van der Waals surface area (Å²) < 4.78 is 12.3. The van der Waals surface area contributed by atoms with E-state index in [0.717, 1.165) is 27.4 Å². The van der Waals surface area contributed by atoms with Crippen LogP contribution in [0, 0.1) is 0 Å². The monoisotopic (exact) mass is 378 g/mol. The predicted octanol–water partition coefficient (Wildman–Crippen LogP) is 4.52. The Balaban J connectivity index is 1.85. The molecule has 0 saturated carbocycles. The zero-order valence-electron chi connectivity index (χ0n) is 15.0. The van der Waals surface area contributed by atoms with Crippen LogP contribution in [0.25, 0.3) is 27.0 Å². The minimum atomic E-state index is -0.0987. The number of methoxy groups -OCH3 is 1. The molecule has 27 heavy (non-hydrogen) atoms. The molecule has 0 radical (unpaired) electrons. The van der Waals surface area contributed by atoms with Crippen molar-refractivity contribution in [3.63, 3.8) is 0 Å². The van der Waals surface area contributed by atoms with Crippen LogP contribution in [0.5, 0.6) is 11.5 Å². The normalized spacial score (nSPS) is 10.9. The molecular weight excluding hydrogens is 360 g/mol. The number of benzene rings is 2. The SMILES string of the molecule is CCOc1ccc(-c2csc3ncn(-c4cccc(OC)c4)c(=O)c23)cc1. The first-order chi connectivity index (χ1) is 13.2. The van der Waals surface area contributed by atoms with Crippen molar-refractivity contribution in [3.8, 4) is 28.3 Å². The Hall–Kier alpha value is -3.12. The van der Waals surface area contributed by atoms with Crippen molar-refractivity contribution in [2.45, 2.75) is 6.92 Å². The molecule has 0 fully saturated rings. The van der Waals surface area contributed by atoms with E-state index in [-0.39, 0.29) is 5.56 Å². The predicted molar refractivity (Wildman–Crippen MR) is 108 cm³/mol. The summed E-state index contributed by atoms with van der Waals surface area (Å²) >= 11 is 1.47. The molecule has 2 heterocycles. The third kappa shape index (κ3) is 3.19. The molecule has 4 rings (SSSR count). The Morgan fingerprint density at radius 1 is 1.11 bits per heavy atom. The highest BCUT2D eigenvalue weighted by atomic mass is 32.1. The molecule has 0 aliphatic heterocycles. The highest BCUT2D eigenvalue weighted by molar-refractivity contribution is 7.17. The zero-order valence-corrected chi connectivity index (χ0v) is 15.8. The fourth-order valence-electron chi connectivity index (χ4n) is 2.99. The van der Waals surface area contributed by atoms with Gasteiger partial charge in [0.05, 0.1) is 24.8 Å². The maximum atomic E-state index is 13.2. The Bertz CT molecular complexity index is 1150. The third-order valence-corrected chi connectivity index (χ3v) is 5.19. The van der Waals surface area contributed by atoms with Crippen molar-refractivity contribution >= 4 is 21.6 Å². The fraction of sp³-hybridized carbons (Fsp3) is 0.143. The summed E-state index contributed by atoms with van der Waals surface area (Å²) in [5.74, 6) is 1.50. The van der Waals surface area contributed by atoms with Crippen molar-refractivity contribution in [1.29, 1.82) is 0 Å². The Kier molecular flexibility index (Phi) is 4.64. The number of aromatic nitrogens is 2. The maximum Gasteiger partial charge on any atom is 0.267 e. The van der Waals surface area contributed by atoms with Crippen molar-refractivity contribution in [2.75, 3.05) is 13.7 Å². The van der Waals surface area contributed by atoms with Gasteiger partial charge in [0.15, 0.2) is 0 Å².